The highest BCUT2D eigenvalue weighted by Gasteiger charge is 2.40. The molecule has 2 aliphatic rings. The SMILES string of the molecule is COC1(CC(=O)N(C)CC2CC(N)C2)CCC1. The number of methoxy groups -OCH3 is 1. The molecule has 2 fully saturated rings. The molecule has 2 N–H and O–H groups in total. The Morgan fingerprint density at radius 1 is 1.47 bits per heavy atom. The van der Waals surface area contributed by atoms with Crippen LogP contribution in [0.25, 0.3) is 0 Å². The predicted molar refractivity (Wildman–Crippen MR) is 66.5 cm³/mol. The number of rotatable bonds is 5. The molecule has 0 aromatic heterocycles. The van der Waals surface area contributed by atoms with Gasteiger partial charge in [-0.25, -0.2) is 0 Å². The van der Waals surface area contributed by atoms with Crippen molar-refractivity contribution in [2.45, 2.75) is 50.2 Å². The highest BCUT2D eigenvalue weighted by Crippen LogP contribution is 2.38. The second kappa shape index (κ2) is 4.94. The molecule has 0 radical (unpaired) electrons. The van der Waals surface area contributed by atoms with E-state index >= 15 is 0 Å². The molecule has 98 valence electrons. The lowest BCUT2D eigenvalue weighted by atomic mass is 9.77. The zero-order valence-corrected chi connectivity index (χ0v) is 10.9. The maximum absolute atomic E-state index is 12.1. The smallest absolute Gasteiger partial charge is 0.225 e. The van der Waals surface area contributed by atoms with Gasteiger partial charge in [-0.05, 0) is 38.0 Å². The van der Waals surface area contributed by atoms with Crippen molar-refractivity contribution >= 4 is 5.91 Å². The summed E-state index contributed by atoms with van der Waals surface area (Å²) in [5, 5.41) is 0. The minimum atomic E-state index is -0.151. The van der Waals surface area contributed by atoms with E-state index in [1.54, 1.807) is 7.11 Å². The Kier molecular flexibility index (Phi) is 3.73. The van der Waals surface area contributed by atoms with Crippen LogP contribution in [0.1, 0.15) is 38.5 Å². The molecule has 0 heterocycles. The number of hydrogen-bond donors (Lipinski definition) is 1. The van der Waals surface area contributed by atoms with E-state index in [1.165, 1.54) is 6.42 Å². The van der Waals surface area contributed by atoms with Crippen LogP contribution < -0.4 is 5.73 Å². The Balaban J connectivity index is 1.75. The van der Waals surface area contributed by atoms with Crippen molar-refractivity contribution in [3.8, 4) is 0 Å². The van der Waals surface area contributed by atoms with Crippen LogP contribution in [-0.4, -0.2) is 43.2 Å². The van der Waals surface area contributed by atoms with Crippen LogP contribution >= 0.6 is 0 Å². The zero-order chi connectivity index (χ0) is 12.5. The summed E-state index contributed by atoms with van der Waals surface area (Å²) in [4.78, 5) is 13.9. The maximum Gasteiger partial charge on any atom is 0.225 e. The van der Waals surface area contributed by atoms with Crippen LogP contribution in [0.4, 0.5) is 0 Å². The Hall–Kier alpha value is -0.610. The summed E-state index contributed by atoms with van der Waals surface area (Å²) in [6.07, 6.45) is 5.90. The summed E-state index contributed by atoms with van der Waals surface area (Å²) in [7, 11) is 3.62. The summed E-state index contributed by atoms with van der Waals surface area (Å²) >= 11 is 0. The van der Waals surface area contributed by atoms with Crippen LogP contribution in [0.3, 0.4) is 0 Å². The van der Waals surface area contributed by atoms with E-state index < -0.39 is 0 Å². The molecule has 0 aromatic carbocycles. The van der Waals surface area contributed by atoms with Crippen molar-refractivity contribution in [1.29, 1.82) is 0 Å². The van der Waals surface area contributed by atoms with Gasteiger partial charge in [-0.3, -0.25) is 4.79 Å². The Morgan fingerprint density at radius 3 is 2.53 bits per heavy atom. The predicted octanol–water partition coefficient (Wildman–Crippen LogP) is 1.14. The largest absolute Gasteiger partial charge is 0.378 e. The molecule has 0 saturated heterocycles. The Labute approximate surface area is 103 Å². The second-order valence-corrected chi connectivity index (χ2v) is 5.79. The van der Waals surface area contributed by atoms with Crippen LogP contribution in [0, 0.1) is 5.92 Å². The van der Waals surface area contributed by atoms with E-state index in [0.717, 1.165) is 32.2 Å². The molecule has 2 aliphatic carbocycles. The standard InChI is InChI=1S/C13H24N2O2/c1-15(9-10-6-11(14)7-10)12(16)8-13(17-2)4-3-5-13/h10-11H,3-9,14H2,1-2H3. The first-order valence-corrected chi connectivity index (χ1v) is 6.59. The van der Waals surface area contributed by atoms with Gasteiger partial charge < -0.3 is 15.4 Å². The van der Waals surface area contributed by atoms with Crippen molar-refractivity contribution in [3.63, 3.8) is 0 Å². The van der Waals surface area contributed by atoms with Gasteiger partial charge in [-0.15, -0.1) is 0 Å². The van der Waals surface area contributed by atoms with Gasteiger partial charge in [0.05, 0.1) is 12.0 Å². The summed E-state index contributed by atoms with van der Waals surface area (Å²) in [6, 6.07) is 0.362. The van der Waals surface area contributed by atoms with Gasteiger partial charge in [0.25, 0.3) is 0 Å². The average Bonchev–Trinajstić information content (AvgIpc) is 2.20. The maximum atomic E-state index is 12.1. The normalized spacial score (nSPS) is 30.3. The third-order valence-corrected chi connectivity index (χ3v) is 4.40. The second-order valence-electron chi connectivity index (χ2n) is 5.79. The quantitative estimate of drug-likeness (QED) is 0.784. The van der Waals surface area contributed by atoms with Gasteiger partial charge in [0, 0.05) is 26.7 Å². The topological polar surface area (TPSA) is 55.6 Å². The molecule has 4 nitrogen and oxygen atoms in total. The number of carbonyl (C=O) groups is 1. The molecule has 0 aliphatic heterocycles. The lowest BCUT2D eigenvalue weighted by molar-refractivity contribution is -0.143. The van der Waals surface area contributed by atoms with Crippen molar-refractivity contribution in [1.82, 2.24) is 4.90 Å². The molecule has 0 bridgehead atoms. The Morgan fingerprint density at radius 2 is 2.12 bits per heavy atom. The van der Waals surface area contributed by atoms with Crippen molar-refractivity contribution in [3.05, 3.63) is 0 Å². The van der Waals surface area contributed by atoms with Crippen LogP contribution in [0.2, 0.25) is 0 Å². The van der Waals surface area contributed by atoms with E-state index in [0.29, 0.717) is 18.4 Å². The number of amides is 1. The van der Waals surface area contributed by atoms with E-state index in [-0.39, 0.29) is 11.5 Å². The molecule has 0 unspecified atom stereocenters. The fraction of sp³-hybridized carbons (Fsp3) is 0.923. The Bertz CT molecular complexity index is 278. The first-order valence-electron chi connectivity index (χ1n) is 6.59. The molecule has 17 heavy (non-hydrogen) atoms. The highest BCUT2D eigenvalue weighted by atomic mass is 16.5. The van der Waals surface area contributed by atoms with Gasteiger partial charge >= 0.3 is 0 Å². The molecular weight excluding hydrogens is 216 g/mol. The first-order chi connectivity index (χ1) is 8.04. The molecule has 2 rings (SSSR count). The molecule has 4 heteroatoms. The average molecular weight is 240 g/mol. The highest BCUT2D eigenvalue weighted by molar-refractivity contribution is 5.77. The monoisotopic (exact) mass is 240 g/mol. The number of carbonyl (C=O) groups excluding carboxylic acids is 1. The minimum absolute atomic E-state index is 0.151. The van der Waals surface area contributed by atoms with Gasteiger partial charge in [0.15, 0.2) is 0 Å². The van der Waals surface area contributed by atoms with Gasteiger partial charge in [-0.1, -0.05) is 0 Å². The lowest BCUT2D eigenvalue weighted by Crippen LogP contribution is -2.47. The number of hydrogen-bond acceptors (Lipinski definition) is 3. The summed E-state index contributed by atoms with van der Waals surface area (Å²) in [6.45, 7) is 0.853. The molecule has 2 saturated carbocycles. The summed E-state index contributed by atoms with van der Waals surface area (Å²) in [5.74, 6) is 0.825. The van der Waals surface area contributed by atoms with Gasteiger partial charge in [0.2, 0.25) is 5.91 Å². The number of nitrogens with zero attached hydrogens (tertiary/aromatic N) is 1. The zero-order valence-electron chi connectivity index (χ0n) is 10.9. The van der Waals surface area contributed by atoms with Crippen LogP contribution in [-0.2, 0) is 9.53 Å². The van der Waals surface area contributed by atoms with Crippen molar-refractivity contribution < 1.29 is 9.53 Å². The molecular formula is C13H24N2O2. The minimum Gasteiger partial charge on any atom is -0.378 e. The third-order valence-electron chi connectivity index (χ3n) is 4.40. The molecule has 0 spiro atoms. The van der Waals surface area contributed by atoms with E-state index in [1.807, 2.05) is 11.9 Å². The number of nitrogens with two attached hydrogens (primary N) is 1. The third kappa shape index (κ3) is 2.80. The van der Waals surface area contributed by atoms with Crippen LogP contribution in [0.15, 0.2) is 0 Å². The van der Waals surface area contributed by atoms with Gasteiger partial charge in [0.1, 0.15) is 0 Å². The molecule has 1 amide bonds. The van der Waals surface area contributed by atoms with Crippen molar-refractivity contribution in [2.24, 2.45) is 11.7 Å². The van der Waals surface area contributed by atoms with E-state index in [9.17, 15) is 4.79 Å². The molecule has 0 aromatic rings. The van der Waals surface area contributed by atoms with Crippen molar-refractivity contribution in [2.75, 3.05) is 20.7 Å². The fourth-order valence-corrected chi connectivity index (χ4v) is 2.86. The van der Waals surface area contributed by atoms with Gasteiger partial charge in [-0.2, -0.15) is 0 Å². The summed E-state index contributed by atoms with van der Waals surface area (Å²) < 4.78 is 5.49. The summed E-state index contributed by atoms with van der Waals surface area (Å²) in [5.41, 5.74) is 5.60. The lowest BCUT2D eigenvalue weighted by Gasteiger charge is -2.41. The van der Waals surface area contributed by atoms with E-state index in [4.69, 9.17) is 10.5 Å². The molecule has 0 atom stereocenters. The number of ether oxygens (including phenoxy) is 1. The van der Waals surface area contributed by atoms with E-state index in [2.05, 4.69) is 0 Å². The van der Waals surface area contributed by atoms with Crippen LogP contribution in [0.5, 0.6) is 0 Å². The fourth-order valence-electron chi connectivity index (χ4n) is 2.86. The first kappa shape index (κ1) is 12.8.